The van der Waals surface area contributed by atoms with Gasteiger partial charge in [-0.1, -0.05) is 19.1 Å². The maximum absolute atomic E-state index is 12.5. The molecule has 1 heterocycles. The molecule has 126 valence electrons. The SMILES string of the molecule is CNC(=O)Cc1ccc(NC(=O)c2cc3c(s2)CCC(C)C3)cc1. The Labute approximate surface area is 146 Å². The standard InChI is InChI=1S/C19H22N2O2S/c1-12-3-8-16-14(9-12)11-17(24-16)19(23)21-15-6-4-13(5-7-15)10-18(22)20-2/h4-7,11-12H,3,8-10H2,1-2H3,(H,20,22)(H,21,23). The summed E-state index contributed by atoms with van der Waals surface area (Å²) in [5, 5.41) is 5.55. The highest BCUT2D eigenvalue weighted by molar-refractivity contribution is 7.14. The maximum atomic E-state index is 12.5. The van der Waals surface area contributed by atoms with Gasteiger partial charge >= 0.3 is 0 Å². The van der Waals surface area contributed by atoms with Crippen molar-refractivity contribution in [1.82, 2.24) is 5.32 Å². The van der Waals surface area contributed by atoms with Crippen molar-refractivity contribution >= 4 is 28.8 Å². The highest BCUT2D eigenvalue weighted by Crippen LogP contribution is 2.32. The van der Waals surface area contributed by atoms with Crippen LogP contribution >= 0.6 is 11.3 Å². The second-order valence-corrected chi connectivity index (χ2v) is 7.54. The number of likely N-dealkylation sites (N-methyl/N-ethyl adjacent to an activating group) is 1. The van der Waals surface area contributed by atoms with Gasteiger partial charge in [-0.05, 0) is 54.5 Å². The number of rotatable bonds is 4. The molecule has 1 aromatic heterocycles. The lowest BCUT2D eigenvalue weighted by Gasteiger charge is -2.16. The Hall–Kier alpha value is -2.14. The Morgan fingerprint density at radius 3 is 2.71 bits per heavy atom. The van der Waals surface area contributed by atoms with E-state index in [1.807, 2.05) is 30.3 Å². The Morgan fingerprint density at radius 1 is 1.25 bits per heavy atom. The number of amides is 2. The van der Waals surface area contributed by atoms with Crippen molar-refractivity contribution in [2.24, 2.45) is 5.92 Å². The normalized spacial score (nSPS) is 16.3. The van der Waals surface area contributed by atoms with Crippen LogP contribution in [0.4, 0.5) is 5.69 Å². The number of fused-ring (bicyclic) bond motifs is 1. The fourth-order valence-corrected chi connectivity index (χ4v) is 4.09. The molecule has 1 unspecified atom stereocenters. The monoisotopic (exact) mass is 342 g/mol. The summed E-state index contributed by atoms with van der Waals surface area (Å²) in [6.07, 6.45) is 3.72. The molecule has 5 heteroatoms. The van der Waals surface area contributed by atoms with E-state index in [2.05, 4.69) is 17.6 Å². The molecule has 2 N–H and O–H groups in total. The predicted octanol–water partition coefficient (Wildman–Crippen LogP) is 3.41. The number of hydrogen-bond donors (Lipinski definition) is 2. The van der Waals surface area contributed by atoms with E-state index >= 15 is 0 Å². The molecule has 2 aromatic rings. The number of carbonyl (C=O) groups is 2. The van der Waals surface area contributed by atoms with Crippen molar-refractivity contribution in [3.8, 4) is 0 Å². The third kappa shape index (κ3) is 3.85. The molecule has 1 aromatic carbocycles. The average molecular weight is 342 g/mol. The van der Waals surface area contributed by atoms with Gasteiger partial charge in [-0.15, -0.1) is 11.3 Å². The van der Waals surface area contributed by atoms with E-state index < -0.39 is 0 Å². The first-order valence-electron chi connectivity index (χ1n) is 8.27. The van der Waals surface area contributed by atoms with Gasteiger partial charge in [0.2, 0.25) is 5.91 Å². The quantitative estimate of drug-likeness (QED) is 0.894. The van der Waals surface area contributed by atoms with Crippen molar-refractivity contribution in [2.45, 2.75) is 32.6 Å². The maximum Gasteiger partial charge on any atom is 0.265 e. The number of hydrogen-bond acceptors (Lipinski definition) is 3. The summed E-state index contributed by atoms with van der Waals surface area (Å²) in [7, 11) is 1.62. The van der Waals surface area contributed by atoms with Crippen LogP contribution in [0, 0.1) is 5.92 Å². The largest absolute Gasteiger partial charge is 0.359 e. The van der Waals surface area contributed by atoms with Crippen molar-refractivity contribution in [1.29, 1.82) is 0 Å². The number of thiophene rings is 1. The molecule has 0 aliphatic heterocycles. The molecule has 1 aliphatic carbocycles. The van der Waals surface area contributed by atoms with Gasteiger partial charge in [-0.2, -0.15) is 0 Å². The van der Waals surface area contributed by atoms with Gasteiger partial charge in [-0.3, -0.25) is 9.59 Å². The van der Waals surface area contributed by atoms with E-state index in [0.717, 1.165) is 29.0 Å². The van der Waals surface area contributed by atoms with Crippen LogP contribution in [0.1, 0.15) is 39.0 Å². The predicted molar refractivity (Wildman–Crippen MR) is 97.7 cm³/mol. The fraction of sp³-hybridized carbons (Fsp3) is 0.368. The Kier molecular flexibility index (Phi) is 5.00. The highest BCUT2D eigenvalue weighted by Gasteiger charge is 2.20. The summed E-state index contributed by atoms with van der Waals surface area (Å²) in [5.74, 6) is 0.627. The number of anilines is 1. The molecule has 1 atom stereocenters. The van der Waals surface area contributed by atoms with Crippen molar-refractivity contribution in [3.05, 3.63) is 51.2 Å². The second-order valence-electron chi connectivity index (χ2n) is 6.41. The lowest BCUT2D eigenvalue weighted by molar-refractivity contribution is -0.119. The van der Waals surface area contributed by atoms with Gasteiger partial charge in [-0.25, -0.2) is 0 Å². The molecule has 0 bridgehead atoms. The minimum absolute atomic E-state index is 0.0230. The lowest BCUT2D eigenvalue weighted by atomic mass is 9.90. The minimum atomic E-state index is -0.0545. The van der Waals surface area contributed by atoms with E-state index in [9.17, 15) is 9.59 Å². The topological polar surface area (TPSA) is 58.2 Å². The number of carbonyl (C=O) groups excluding carboxylic acids is 2. The molecule has 24 heavy (non-hydrogen) atoms. The molecule has 0 radical (unpaired) electrons. The summed E-state index contributed by atoms with van der Waals surface area (Å²) in [4.78, 5) is 26.0. The van der Waals surface area contributed by atoms with Gasteiger partial charge in [0.25, 0.3) is 5.91 Å². The Bertz CT molecular complexity index is 749. The summed E-state index contributed by atoms with van der Waals surface area (Å²) in [6.45, 7) is 2.26. The zero-order valence-electron chi connectivity index (χ0n) is 14.0. The van der Waals surface area contributed by atoms with Crippen molar-refractivity contribution < 1.29 is 9.59 Å². The van der Waals surface area contributed by atoms with Crippen LogP contribution in [0.15, 0.2) is 30.3 Å². The molecule has 0 saturated heterocycles. The van der Waals surface area contributed by atoms with Crippen LogP contribution in [0.5, 0.6) is 0 Å². The van der Waals surface area contributed by atoms with Gasteiger partial charge in [0.05, 0.1) is 11.3 Å². The van der Waals surface area contributed by atoms with E-state index in [4.69, 9.17) is 0 Å². The molecular weight excluding hydrogens is 320 g/mol. The van der Waals surface area contributed by atoms with Gasteiger partial charge in [0.15, 0.2) is 0 Å². The van der Waals surface area contributed by atoms with Crippen LogP contribution in [0.2, 0.25) is 0 Å². The zero-order chi connectivity index (χ0) is 17.1. The van der Waals surface area contributed by atoms with E-state index in [-0.39, 0.29) is 11.8 Å². The number of nitrogens with one attached hydrogen (secondary N) is 2. The summed E-state index contributed by atoms with van der Waals surface area (Å²) >= 11 is 1.61. The first-order chi connectivity index (χ1) is 11.5. The third-order valence-electron chi connectivity index (χ3n) is 4.41. The lowest BCUT2D eigenvalue weighted by Crippen LogP contribution is -2.19. The van der Waals surface area contributed by atoms with Gasteiger partial charge in [0.1, 0.15) is 0 Å². The summed E-state index contributed by atoms with van der Waals surface area (Å²) in [5.41, 5.74) is 3.01. The molecule has 3 rings (SSSR count). The van der Waals surface area contributed by atoms with Crippen LogP contribution in [-0.4, -0.2) is 18.9 Å². The Morgan fingerprint density at radius 2 is 2.00 bits per heavy atom. The molecule has 2 amide bonds. The molecule has 0 fully saturated rings. The third-order valence-corrected chi connectivity index (χ3v) is 5.64. The number of aryl methyl sites for hydroxylation is 1. The molecule has 0 spiro atoms. The summed E-state index contributed by atoms with van der Waals surface area (Å²) in [6, 6.07) is 9.46. The smallest absolute Gasteiger partial charge is 0.265 e. The van der Waals surface area contributed by atoms with Crippen LogP contribution in [0.25, 0.3) is 0 Å². The zero-order valence-corrected chi connectivity index (χ0v) is 14.8. The van der Waals surface area contributed by atoms with Gasteiger partial charge < -0.3 is 10.6 Å². The first kappa shape index (κ1) is 16.7. The van der Waals surface area contributed by atoms with Crippen LogP contribution in [0.3, 0.4) is 0 Å². The molecule has 1 aliphatic rings. The van der Waals surface area contributed by atoms with E-state index in [0.29, 0.717) is 12.3 Å². The van der Waals surface area contributed by atoms with E-state index in [1.54, 1.807) is 18.4 Å². The Balaban J connectivity index is 1.65. The molecular formula is C19H22N2O2S. The van der Waals surface area contributed by atoms with Crippen molar-refractivity contribution in [2.75, 3.05) is 12.4 Å². The minimum Gasteiger partial charge on any atom is -0.359 e. The van der Waals surface area contributed by atoms with Crippen molar-refractivity contribution in [3.63, 3.8) is 0 Å². The second kappa shape index (κ2) is 7.18. The molecule has 0 saturated carbocycles. The fourth-order valence-electron chi connectivity index (χ4n) is 2.99. The summed E-state index contributed by atoms with van der Waals surface area (Å²) < 4.78 is 0. The van der Waals surface area contributed by atoms with E-state index in [1.165, 1.54) is 16.9 Å². The molecule has 4 nitrogen and oxygen atoms in total. The highest BCUT2D eigenvalue weighted by atomic mass is 32.1. The number of benzene rings is 1. The average Bonchev–Trinajstić information content (AvgIpc) is 2.99. The van der Waals surface area contributed by atoms with Crippen LogP contribution in [-0.2, 0) is 24.1 Å². The van der Waals surface area contributed by atoms with Gasteiger partial charge in [0, 0.05) is 17.6 Å². The van der Waals surface area contributed by atoms with Crippen LogP contribution < -0.4 is 10.6 Å². The first-order valence-corrected chi connectivity index (χ1v) is 9.09.